The van der Waals surface area contributed by atoms with Gasteiger partial charge in [-0.2, -0.15) is 0 Å². The molecule has 2 aliphatic rings. The lowest BCUT2D eigenvalue weighted by Gasteiger charge is -2.61. The second-order valence-corrected chi connectivity index (χ2v) is 6.15. The molecular formula is C17H25NO3. The molecule has 2 aliphatic carbocycles. The minimum absolute atomic E-state index is 0.00390. The number of ether oxygens (including phenoxy) is 2. The molecule has 3 rings (SSSR count). The van der Waals surface area contributed by atoms with Crippen LogP contribution in [-0.2, 0) is 11.3 Å². The molecule has 2 atom stereocenters. The van der Waals surface area contributed by atoms with E-state index in [2.05, 4.69) is 12.2 Å². The number of methoxy groups -OCH3 is 1. The summed E-state index contributed by atoms with van der Waals surface area (Å²) in [6.45, 7) is 2.87. The molecule has 0 bridgehead atoms. The number of hydrogen-bond acceptors (Lipinski definition) is 4. The van der Waals surface area contributed by atoms with E-state index in [1.54, 1.807) is 7.11 Å². The van der Waals surface area contributed by atoms with Crippen LogP contribution in [0.25, 0.3) is 0 Å². The molecule has 0 aliphatic heterocycles. The van der Waals surface area contributed by atoms with Crippen molar-refractivity contribution in [2.24, 2.45) is 5.41 Å². The van der Waals surface area contributed by atoms with Gasteiger partial charge >= 0.3 is 0 Å². The summed E-state index contributed by atoms with van der Waals surface area (Å²) in [5.41, 5.74) is 2.23. The number of anilines is 1. The first-order valence-electron chi connectivity index (χ1n) is 7.89. The third kappa shape index (κ3) is 2.40. The third-order valence-corrected chi connectivity index (χ3v) is 5.23. The van der Waals surface area contributed by atoms with E-state index in [1.807, 2.05) is 18.2 Å². The number of rotatable bonds is 6. The van der Waals surface area contributed by atoms with Crippen molar-refractivity contribution in [1.82, 2.24) is 0 Å². The SMILES string of the molecule is CCOC1CC(Nc2ccc(OC)c(CO)c2)C12CCC2. The fraction of sp³-hybridized carbons (Fsp3) is 0.647. The molecule has 2 fully saturated rings. The highest BCUT2D eigenvalue weighted by Crippen LogP contribution is 2.58. The summed E-state index contributed by atoms with van der Waals surface area (Å²) in [6.07, 6.45) is 5.33. The topological polar surface area (TPSA) is 50.7 Å². The number of aliphatic hydroxyl groups excluding tert-OH is 1. The van der Waals surface area contributed by atoms with Crippen LogP contribution in [0.2, 0.25) is 0 Å². The smallest absolute Gasteiger partial charge is 0.124 e. The molecule has 1 aromatic rings. The monoisotopic (exact) mass is 291 g/mol. The van der Waals surface area contributed by atoms with Gasteiger partial charge in [-0.25, -0.2) is 0 Å². The molecule has 116 valence electrons. The third-order valence-electron chi connectivity index (χ3n) is 5.23. The second-order valence-electron chi connectivity index (χ2n) is 6.15. The summed E-state index contributed by atoms with van der Waals surface area (Å²) in [6, 6.07) is 6.42. The van der Waals surface area contributed by atoms with Crippen LogP contribution >= 0.6 is 0 Å². The zero-order valence-corrected chi connectivity index (χ0v) is 12.9. The average molecular weight is 291 g/mol. The minimum Gasteiger partial charge on any atom is -0.496 e. The molecule has 0 heterocycles. The van der Waals surface area contributed by atoms with Crippen LogP contribution in [0.4, 0.5) is 5.69 Å². The Hall–Kier alpha value is -1.26. The molecule has 2 unspecified atom stereocenters. The van der Waals surface area contributed by atoms with Gasteiger partial charge in [0.1, 0.15) is 5.75 Å². The molecule has 0 amide bonds. The lowest BCUT2D eigenvalue weighted by atomic mass is 9.51. The van der Waals surface area contributed by atoms with Crippen LogP contribution in [0.15, 0.2) is 18.2 Å². The Morgan fingerprint density at radius 2 is 2.19 bits per heavy atom. The molecule has 2 N–H and O–H groups in total. The van der Waals surface area contributed by atoms with Crippen LogP contribution in [0.1, 0.15) is 38.2 Å². The van der Waals surface area contributed by atoms with E-state index in [0.29, 0.717) is 17.6 Å². The Bertz CT molecular complexity index is 499. The molecule has 1 aromatic carbocycles. The minimum atomic E-state index is -0.00390. The van der Waals surface area contributed by atoms with Crippen LogP contribution < -0.4 is 10.1 Å². The number of hydrogen-bond donors (Lipinski definition) is 2. The van der Waals surface area contributed by atoms with Crippen molar-refractivity contribution in [3.05, 3.63) is 23.8 Å². The van der Waals surface area contributed by atoms with E-state index in [1.165, 1.54) is 19.3 Å². The molecule has 1 spiro atoms. The number of nitrogens with one attached hydrogen (secondary N) is 1. The van der Waals surface area contributed by atoms with Gasteiger partial charge in [0.15, 0.2) is 0 Å². The van der Waals surface area contributed by atoms with Gasteiger partial charge in [0.25, 0.3) is 0 Å². The first-order valence-corrected chi connectivity index (χ1v) is 7.89. The predicted molar refractivity (Wildman–Crippen MR) is 82.6 cm³/mol. The molecule has 0 saturated heterocycles. The Balaban J connectivity index is 1.70. The van der Waals surface area contributed by atoms with Gasteiger partial charge in [0.05, 0.1) is 19.8 Å². The zero-order chi connectivity index (χ0) is 14.9. The molecule has 4 heteroatoms. The first kappa shape index (κ1) is 14.7. The molecule has 0 radical (unpaired) electrons. The molecule has 0 aromatic heterocycles. The van der Waals surface area contributed by atoms with Gasteiger partial charge in [-0.05, 0) is 44.4 Å². The number of aliphatic hydroxyl groups is 1. The Morgan fingerprint density at radius 3 is 2.76 bits per heavy atom. The maximum Gasteiger partial charge on any atom is 0.124 e. The van der Waals surface area contributed by atoms with E-state index >= 15 is 0 Å². The molecule has 21 heavy (non-hydrogen) atoms. The number of benzene rings is 1. The van der Waals surface area contributed by atoms with E-state index in [0.717, 1.165) is 30.0 Å². The molecular weight excluding hydrogens is 266 g/mol. The summed E-state index contributed by atoms with van der Waals surface area (Å²) in [5.74, 6) is 0.738. The quantitative estimate of drug-likeness (QED) is 0.846. The van der Waals surface area contributed by atoms with Crippen molar-refractivity contribution in [3.63, 3.8) is 0 Å². The lowest BCUT2D eigenvalue weighted by molar-refractivity contribution is -0.157. The summed E-state index contributed by atoms with van der Waals surface area (Å²) in [4.78, 5) is 0. The van der Waals surface area contributed by atoms with Gasteiger partial charge in [-0.3, -0.25) is 0 Å². The fourth-order valence-electron chi connectivity index (χ4n) is 3.83. The van der Waals surface area contributed by atoms with Crippen LogP contribution in [0.3, 0.4) is 0 Å². The summed E-state index contributed by atoms with van der Waals surface area (Å²) >= 11 is 0. The van der Waals surface area contributed by atoms with Crippen molar-refractivity contribution in [3.8, 4) is 5.75 Å². The highest BCUT2D eigenvalue weighted by Gasteiger charge is 2.58. The average Bonchev–Trinajstić information content (AvgIpc) is 2.44. The standard InChI is InChI=1S/C17H25NO3/c1-3-21-16-10-15(17(16)7-4-8-17)18-13-5-6-14(20-2)12(9-13)11-19/h5-6,9,15-16,18-19H,3-4,7-8,10-11H2,1-2H3. The second kappa shape index (κ2) is 5.85. The lowest BCUT2D eigenvalue weighted by Crippen LogP contribution is -2.64. The van der Waals surface area contributed by atoms with Gasteiger partial charge in [0, 0.05) is 29.3 Å². The van der Waals surface area contributed by atoms with Crippen molar-refractivity contribution in [2.45, 2.75) is 51.4 Å². The fourth-order valence-corrected chi connectivity index (χ4v) is 3.83. The Morgan fingerprint density at radius 1 is 1.38 bits per heavy atom. The molecule has 2 saturated carbocycles. The van der Waals surface area contributed by atoms with E-state index in [-0.39, 0.29) is 6.61 Å². The Labute approximate surface area is 126 Å². The highest BCUT2D eigenvalue weighted by atomic mass is 16.5. The Kier molecular flexibility index (Phi) is 4.09. The maximum absolute atomic E-state index is 9.42. The molecule has 4 nitrogen and oxygen atoms in total. The zero-order valence-electron chi connectivity index (χ0n) is 12.9. The van der Waals surface area contributed by atoms with Crippen molar-refractivity contribution >= 4 is 5.69 Å². The predicted octanol–water partition coefficient (Wildman–Crippen LogP) is 2.95. The van der Waals surface area contributed by atoms with Gasteiger partial charge in [0.2, 0.25) is 0 Å². The van der Waals surface area contributed by atoms with Crippen LogP contribution in [-0.4, -0.2) is 31.0 Å². The summed E-state index contributed by atoms with van der Waals surface area (Å²) in [7, 11) is 1.63. The van der Waals surface area contributed by atoms with Crippen molar-refractivity contribution in [1.29, 1.82) is 0 Å². The van der Waals surface area contributed by atoms with Gasteiger partial charge in [-0.1, -0.05) is 6.42 Å². The highest BCUT2D eigenvalue weighted by molar-refractivity contribution is 5.52. The van der Waals surface area contributed by atoms with Crippen molar-refractivity contribution < 1.29 is 14.6 Å². The van der Waals surface area contributed by atoms with Gasteiger partial charge in [-0.15, -0.1) is 0 Å². The van der Waals surface area contributed by atoms with Gasteiger partial charge < -0.3 is 19.9 Å². The van der Waals surface area contributed by atoms with Crippen molar-refractivity contribution in [2.75, 3.05) is 19.0 Å². The normalized spacial score (nSPS) is 26.0. The first-order chi connectivity index (χ1) is 10.2. The maximum atomic E-state index is 9.42. The largest absolute Gasteiger partial charge is 0.496 e. The van der Waals surface area contributed by atoms with Crippen LogP contribution in [0, 0.1) is 5.41 Å². The summed E-state index contributed by atoms with van der Waals surface area (Å²) < 4.78 is 11.1. The van der Waals surface area contributed by atoms with Crippen LogP contribution in [0.5, 0.6) is 5.75 Å². The van der Waals surface area contributed by atoms with E-state index in [9.17, 15) is 5.11 Å². The summed E-state index contributed by atoms with van der Waals surface area (Å²) in [5, 5.41) is 13.1. The van der Waals surface area contributed by atoms with E-state index < -0.39 is 0 Å². The van der Waals surface area contributed by atoms with E-state index in [4.69, 9.17) is 9.47 Å².